The third-order valence-corrected chi connectivity index (χ3v) is 4.81. The van der Waals surface area contributed by atoms with Crippen LogP contribution in [0.15, 0.2) is 48.9 Å². The average Bonchev–Trinajstić information content (AvgIpc) is 3.40. The normalized spacial score (nSPS) is 17.3. The number of likely N-dealkylation sites (tertiary alicyclic amines) is 1. The van der Waals surface area contributed by atoms with Crippen LogP contribution in [0.2, 0.25) is 0 Å². The molecule has 3 aromatic rings. The van der Waals surface area contributed by atoms with Crippen LogP contribution in [-0.2, 0) is 0 Å². The molecule has 134 valence electrons. The Morgan fingerprint density at radius 1 is 1.23 bits per heavy atom. The zero-order chi connectivity index (χ0) is 17.9. The van der Waals surface area contributed by atoms with Crippen molar-refractivity contribution in [3.8, 4) is 11.4 Å². The van der Waals surface area contributed by atoms with Crippen molar-refractivity contribution in [3.63, 3.8) is 0 Å². The minimum atomic E-state index is -0.0387. The van der Waals surface area contributed by atoms with Gasteiger partial charge in [-0.15, -0.1) is 0 Å². The summed E-state index contributed by atoms with van der Waals surface area (Å²) in [5, 5.41) is 11.4. The Labute approximate surface area is 151 Å². The SMILES string of the molecule is COc1ccc(-n2ccc(C(=O)N3CCCC[C@@H]3c3cn[nH]c3)n2)cc1. The molecule has 1 fully saturated rings. The predicted octanol–water partition coefficient (Wildman–Crippen LogP) is 2.97. The molecule has 7 heteroatoms. The molecular formula is C19H21N5O2. The Balaban J connectivity index is 1.56. The number of aromatic nitrogens is 4. The lowest BCUT2D eigenvalue weighted by molar-refractivity contribution is 0.0605. The smallest absolute Gasteiger partial charge is 0.274 e. The van der Waals surface area contributed by atoms with Gasteiger partial charge in [-0.05, 0) is 49.6 Å². The number of methoxy groups -OCH3 is 1. The minimum Gasteiger partial charge on any atom is -0.497 e. The number of ether oxygens (including phenoxy) is 1. The summed E-state index contributed by atoms with van der Waals surface area (Å²) in [4.78, 5) is 15.0. The molecule has 0 unspecified atom stereocenters. The van der Waals surface area contributed by atoms with Crippen molar-refractivity contribution in [2.75, 3.05) is 13.7 Å². The largest absolute Gasteiger partial charge is 0.497 e. The molecular weight excluding hydrogens is 330 g/mol. The van der Waals surface area contributed by atoms with Crippen molar-refractivity contribution in [2.45, 2.75) is 25.3 Å². The van der Waals surface area contributed by atoms with E-state index in [-0.39, 0.29) is 11.9 Å². The average molecular weight is 351 g/mol. The van der Waals surface area contributed by atoms with Crippen LogP contribution in [0.5, 0.6) is 5.75 Å². The first-order valence-corrected chi connectivity index (χ1v) is 8.76. The van der Waals surface area contributed by atoms with E-state index in [1.54, 1.807) is 24.1 Å². The number of nitrogens with one attached hydrogen (secondary N) is 1. The van der Waals surface area contributed by atoms with Crippen molar-refractivity contribution >= 4 is 5.91 Å². The fraction of sp³-hybridized carbons (Fsp3) is 0.316. The number of H-pyrrole nitrogens is 1. The second-order valence-corrected chi connectivity index (χ2v) is 6.39. The standard InChI is InChI=1S/C19H21N5O2/c1-26-16-7-5-15(6-8-16)24-11-9-17(22-24)19(25)23-10-3-2-4-18(23)14-12-20-21-13-14/h5-9,11-13,18H,2-4,10H2,1H3,(H,20,21)/t18-/m1/s1. The van der Waals surface area contributed by atoms with E-state index in [0.29, 0.717) is 5.69 Å². The predicted molar refractivity (Wildman–Crippen MR) is 96.3 cm³/mol. The van der Waals surface area contributed by atoms with Crippen LogP contribution in [0, 0.1) is 0 Å². The minimum absolute atomic E-state index is 0.0387. The van der Waals surface area contributed by atoms with Gasteiger partial charge in [0.05, 0.1) is 25.0 Å². The van der Waals surface area contributed by atoms with Crippen molar-refractivity contribution in [1.29, 1.82) is 0 Å². The number of hydrogen-bond acceptors (Lipinski definition) is 4. The number of nitrogens with zero attached hydrogens (tertiary/aromatic N) is 4. The Hall–Kier alpha value is -3.09. The number of carbonyl (C=O) groups excluding carboxylic acids is 1. The molecule has 0 radical (unpaired) electrons. The lowest BCUT2D eigenvalue weighted by atomic mass is 9.97. The zero-order valence-electron chi connectivity index (χ0n) is 14.6. The van der Waals surface area contributed by atoms with E-state index in [2.05, 4.69) is 15.3 Å². The van der Waals surface area contributed by atoms with Crippen molar-refractivity contribution in [3.05, 3.63) is 60.2 Å². The molecule has 7 nitrogen and oxygen atoms in total. The number of piperidine rings is 1. The summed E-state index contributed by atoms with van der Waals surface area (Å²) in [5.41, 5.74) is 2.39. The van der Waals surface area contributed by atoms with Gasteiger partial charge in [0.2, 0.25) is 0 Å². The quantitative estimate of drug-likeness (QED) is 0.784. The molecule has 3 heterocycles. The van der Waals surface area contributed by atoms with E-state index in [9.17, 15) is 4.79 Å². The Bertz CT molecular complexity index is 870. The molecule has 0 aliphatic carbocycles. The van der Waals surface area contributed by atoms with E-state index >= 15 is 0 Å². The Morgan fingerprint density at radius 2 is 2.08 bits per heavy atom. The number of carbonyl (C=O) groups is 1. The maximum Gasteiger partial charge on any atom is 0.274 e. The lowest BCUT2D eigenvalue weighted by Crippen LogP contribution is -2.38. The van der Waals surface area contributed by atoms with Crippen LogP contribution in [0.3, 0.4) is 0 Å². The first kappa shape index (κ1) is 16.4. The highest BCUT2D eigenvalue weighted by Gasteiger charge is 2.30. The van der Waals surface area contributed by atoms with Gasteiger partial charge in [0.25, 0.3) is 5.91 Å². The van der Waals surface area contributed by atoms with Gasteiger partial charge in [-0.3, -0.25) is 9.89 Å². The Kier molecular flexibility index (Phi) is 4.43. The molecule has 2 aromatic heterocycles. The van der Waals surface area contributed by atoms with Crippen LogP contribution in [0.25, 0.3) is 5.69 Å². The van der Waals surface area contributed by atoms with Gasteiger partial charge in [0, 0.05) is 24.5 Å². The second kappa shape index (κ2) is 7.03. The van der Waals surface area contributed by atoms with Crippen LogP contribution >= 0.6 is 0 Å². The number of amides is 1. The van der Waals surface area contributed by atoms with Gasteiger partial charge in [-0.2, -0.15) is 10.2 Å². The van der Waals surface area contributed by atoms with E-state index < -0.39 is 0 Å². The van der Waals surface area contributed by atoms with Gasteiger partial charge >= 0.3 is 0 Å². The molecule has 0 saturated carbocycles. The molecule has 0 bridgehead atoms. The first-order valence-electron chi connectivity index (χ1n) is 8.76. The van der Waals surface area contributed by atoms with E-state index in [1.165, 1.54) is 0 Å². The summed E-state index contributed by atoms with van der Waals surface area (Å²) in [6, 6.07) is 9.40. The van der Waals surface area contributed by atoms with Gasteiger partial charge < -0.3 is 9.64 Å². The fourth-order valence-corrected chi connectivity index (χ4v) is 3.43. The van der Waals surface area contributed by atoms with Crippen molar-refractivity contribution in [1.82, 2.24) is 24.9 Å². The monoisotopic (exact) mass is 351 g/mol. The van der Waals surface area contributed by atoms with Gasteiger partial charge in [-0.25, -0.2) is 4.68 Å². The van der Waals surface area contributed by atoms with E-state index in [4.69, 9.17) is 4.74 Å². The van der Waals surface area contributed by atoms with Crippen LogP contribution in [-0.4, -0.2) is 44.4 Å². The summed E-state index contributed by atoms with van der Waals surface area (Å²) in [6.07, 6.45) is 8.55. The molecule has 26 heavy (non-hydrogen) atoms. The van der Waals surface area contributed by atoms with Gasteiger partial charge in [0.1, 0.15) is 5.75 Å². The zero-order valence-corrected chi connectivity index (χ0v) is 14.6. The number of aromatic amines is 1. The summed E-state index contributed by atoms with van der Waals surface area (Å²) >= 11 is 0. The molecule has 4 rings (SSSR count). The molecule has 1 amide bonds. The number of hydrogen-bond donors (Lipinski definition) is 1. The molecule has 1 aliphatic heterocycles. The summed E-state index contributed by atoms with van der Waals surface area (Å²) in [7, 11) is 1.63. The maximum atomic E-state index is 13.0. The highest BCUT2D eigenvalue weighted by Crippen LogP contribution is 2.31. The molecule has 1 aliphatic rings. The first-order chi connectivity index (χ1) is 12.8. The maximum absolute atomic E-state index is 13.0. The van der Waals surface area contributed by atoms with Crippen molar-refractivity contribution < 1.29 is 9.53 Å². The van der Waals surface area contributed by atoms with Gasteiger partial charge in [0.15, 0.2) is 5.69 Å². The number of rotatable bonds is 4. The van der Waals surface area contributed by atoms with Gasteiger partial charge in [-0.1, -0.05) is 0 Å². The summed E-state index contributed by atoms with van der Waals surface area (Å²) < 4.78 is 6.89. The molecule has 1 aromatic carbocycles. The molecule has 1 N–H and O–H groups in total. The fourth-order valence-electron chi connectivity index (χ4n) is 3.43. The number of benzene rings is 1. The van der Waals surface area contributed by atoms with E-state index in [1.807, 2.05) is 41.6 Å². The second-order valence-electron chi connectivity index (χ2n) is 6.39. The Morgan fingerprint density at radius 3 is 2.81 bits per heavy atom. The summed E-state index contributed by atoms with van der Waals surface area (Å²) in [5.74, 6) is 0.747. The third kappa shape index (κ3) is 3.08. The third-order valence-electron chi connectivity index (χ3n) is 4.81. The van der Waals surface area contributed by atoms with Crippen LogP contribution in [0.4, 0.5) is 0 Å². The van der Waals surface area contributed by atoms with Crippen LogP contribution in [0.1, 0.15) is 41.4 Å². The molecule has 1 saturated heterocycles. The van der Waals surface area contributed by atoms with Crippen molar-refractivity contribution in [2.24, 2.45) is 0 Å². The van der Waals surface area contributed by atoms with E-state index in [0.717, 1.165) is 42.8 Å². The highest BCUT2D eigenvalue weighted by atomic mass is 16.5. The molecule has 0 spiro atoms. The molecule has 1 atom stereocenters. The summed E-state index contributed by atoms with van der Waals surface area (Å²) in [6.45, 7) is 0.740. The van der Waals surface area contributed by atoms with Crippen LogP contribution < -0.4 is 4.74 Å². The topological polar surface area (TPSA) is 76.0 Å². The lowest BCUT2D eigenvalue weighted by Gasteiger charge is -2.34. The highest BCUT2D eigenvalue weighted by molar-refractivity contribution is 5.92.